The van der Waals surface area contributed by atoms with Gasteiger partial charge in [0.1, 0.15) is 5.75 Å². The molecular weight excluding hydrogens is 376 g/mol. The summed E-state index contributed by atoms with van der Waals surface area (Å²) >= 11 is 5.06. The fourth-order valence-corrected chi connectivity index (χ4v) is 3.13. The predicted octanol–water partition coefficient (Wildman–Crippen LogP) is 4.19. The molecule has 3 rings (SSSR count). The van der Waals surface area contributed by atoms with Gasteiger partial charge < -0.3 is 4.74 Å². The molecule has 0 aliphatic rings. The Morgan fingerprint density at radius 3 is 2.78 bits per heavy atom. The number of amides is 1. The standard InChI is InChI=1S/C17H13BrN2O2S/c18-15-7-8-16(14-6-2-1-5-13(14)15)22-11-17(21)20-19-10-12-4-3-9-23-12/h1-10H,11H2,(H,20,21)/b19-10+. The van der Waals surface area contributed by atoms with E-state index in [2.05, 4.69) is 26.5 Å². The van der Waals surface area contributed by atoms with Crippen molar-refractivity contribution in [3.63, 3.8) is 0 Å². The average molecular weight is 389 g/mol. The van der Waals surface area contributed by atoms with Gasteiger partial charge in [0.15, 0.2) is 6.61 Å². The molecule has 2 aromatic carbocycles. The first-order valence-electron chi connectivity index (χ1n) is 6.89. The second-order valence-electron chi connectivity index (χ2n) is 4.69. The van der Waals surface area contributed by atoms with Crippen LogP contribution in [0, 0.1) is 0 Å². The van der Waals surface area contributed by atoms with E-state index in [0.717, 1.165) is 20.1 Å². The monoisotopic (exact) mass is 388 g/mol. The largest absolute Gasteiger partial charge is 0.483 e. The van der Waals surface area contributed by atoms with Crippen LogP contribution in [0.3, 0.4) is 0 Å². The van der Waals surface area contributed by atoms with E-state index < -0.39 is 0 Å². The van der Waals surface area contributed by atoms with Crippen LogP contribution in [0.25, 0.3) is 10.8 Å². The molecule has 6 heteroatoms. The smallest absolute Gasteiger partial charge is 0.277 e. The van der Waals surface area contributed by atoms with Crippen LogP contribution >= 0.6 is 27.3 Å². The Balaban J connectivity index is 1.62. The van der Waals surface area contributed by atoms with Crippen molar-refractivity contribution in [1.29, 1.82) is 0 Å². The third-order valence-electron chi connectivity index (χ3n) is 3.11. The molecule has 0 fully saturated rings. The molecule has 0 saturated heterocycles. The lowest BCUT2D eigenvalue weighted by Gasteiger charge is -2.09. The molecule has 0 unspecified atom stereocenters. The Morgan fingerprint density at radius 1 is 1.17 bits per heavy atom. The van der Waals surface area contributed by atoms with Gasteiger partial charge in [0.2, 0.25) is 0 Å². The summed E-state index contributed by atoms with van der Waals surface area (Å²) < 4.78 is 6.61. The minimum atomic E-state index is -0.301. The maximum Gasteiger partial charge on any atom is 0.277 e. The normalized spacial score (nSPS) is 11.0. The SMILES string of the molecule is O=C(COc1ccc(Br)c2ccccc12)N/N=C/c1cccs1. The third kappa shape index (κ3) is 3.97. The zero-order valence-corrected chi connectivity index (χ0v) is 14.4. The van der Waals surface area contributed by atoms with Crippen LogP contribution in [0.15, 0.2) is 63.5 Å². The van der Waals surface area contributed by atoms with E-state index in [9.17, 15) is 4.79 Å². The van der Waals surface area contributed by atoms with Crippen molar-refractivity contribution in [2.45, 2.75) is 0 Å². The van der Waals surface area contributed by atoms with Crippen LogP contribution in [-0.2, 0) is 4.79 Å². The molecule has 1 N–H and O–H groups in total. The maximum atomic E-state index is 11.8. The van der Waals surface area contributed by atoms with E-state index in [1.54, 1.807) is 17.6 Å². The Kier molecular flexibility index (Phi) is 5.05. The van der Waals surface area contributed by atoms with Crippen LogP contribution in [0.2, 0.25) is 0 Å². The highest BCUT2D eigenvalue weighted by molar-refractivity contribution is 9.10. The lowest BCUT2D eigenvalue weighted by Crippen LogP contribution is -2.24. The first-order chi connectivity index (χ1) is 11.2. The average Bonchev–Trinajstić information content (AvgIpc) is 3.08. The van der Waals surface area contributed by atoms with Crippen molar-refractivity contribution in [3.05, 3.63) is 63.3 Å². The third-order valence-corrected chi connectivity index (χ3v) is 4.61. The van der Waals surface area contributed by atoms with Gasteiger partial charge >= 0.3 is 0 Å². The Hall–Kier alpha value is -2.18. The van der Waals surface area contributed by atoms with Crippen molar-refractivity contribution in [3.8, 4) is 5.75 Å². The molecule has 0 spiro atoms. The van der Waals surface area contributed by atoms with Gasteiger partial charge in [-0.15, -0.1) is 11.3 Å². The number of nitrogens with one attached hydrogen (secondary N) is 1. The number of nitrogens with zero attached hydrogens (tertiary/aromatic N) is 1. The number of halogens is 1. The quantitative estimate of drug-likeness (QED) is 0.526. The fraction of sp³-hybridized carbons (Fsp3) is 0.0588. The van der Waals surface area contributed by atoms with E-state index in [0.29, 0.717) is 5.75 Å². The molecule has 3 aromatic rings. The van der Waals surface area contributed by atoms with Gasteiger partial charge in [0.25, 0.3) is 5.91 Å². The summed E-state index contributed by atoms with van der Waals surface area (Å²) in [7, 11) is 0. The zero-order chi connectivity index (χ0) is 16.1. The molecule has 1 heterocycles. The molecule has 0 saturated carbocycles. The lowest BCUT2D eigenvalue weighted by atomic mass is 10.1. The summed E-state index contributed by atoms with van der Waals surface area (Å²) in [6.45, 7) is -0.0899. The van der Waals surface area contributed by atoms with Gasteiger partial charge in [-0.2, -0.15) is 5.10 Å². The van der Waals surface area contributed by atoms with Crippen LogP contribution in [0.5, 0.6) is 5.75 Å². The van der Waals surface area contributed by atoms with Crippen LogP contribution in [-0.4, -0.2) is 18.7 Å². The Morgan fingerprint density at radius 2 is 2.00 bits per heavy atom. The molecule has 0 atom stereocenters. The number of ether oxygens (including phenoxy) is 1. The van der Waals surface area contributed by atoms with Gasteiger partial charge in [0.05, 0.1) is 6.21 Å². The Labute approximate surface area is 145 Å². The summed E-state index contributed by atoms with van der Waals surface area (Å²) in [6.07, 6.45) is 1.61. The second kappa shape index (κ2) is 7.39. The van der Waals surface area contributed by atoms with Crippen molar-refractivity contribution in [2.24, 2.45) is 5.10 Å². The number of thiophene rings is 1. The van der Waals surface area contributed by atoms with Crippen molar-refractivity contribution in [1.82, 2.24) is 5.43 Å². The van der Waals surface area contributed by atoms with Crippen LogP contribution in [0.4, 0.5) is 0 Å². The number of carbonyl (C=O) groups excluding carboxylic acids is 1. The summed E-state index contributed by atoms with van der Waals surface area (Å²) in [4.78, 5) is 12.8. The second-order valence-corrected chi connectivity index (χ2v) is 6.52. The van der Waals surface area contributed by atoms with Crippen molar-refractivity contribution >= 4 is 50.2 Å². The highest BCUT2D eigenvalue weighted by Gasteiger charge is 2.07. The number of hydrogen-bond acceptors (Lipinski definition) is 4. The summed E-state index contributed by atoms with van der Waals surface area (Å²) in [5, 5.41) is 7.85. The minimum absolute atomic E-state index is 0.0899. The number of benzene rings is 2. The molecule has 116 valence electrons. The number of hydrazone groups is 1. The molecule has 1 amide bonds. The topological polar surface area (TPSA) is 50.7 Å². The first kappa shape index (κ1) is 15.7. The molecular formula is C17H13BrN2O2S. The van der Waals surface area contributed by atoms with E-state index in [4.69, 9.17) is 4.74 Å². The number of carbonyl (C=O) groups is 1. The maximum absolute atomic E-state index is 11.8. The highest BCUT2D eigenvalue weighted by Crippen LogP contribution is 2.31. The molecule has 0 aliphatic heterocycles. The van der Waals surface area contributed by atoms with E-state index in [1.165, 1.54) is 0 Å². The Bertz CT molecular complexity index is 847. The molecule has 0 aliphatic carbocycles. The van der Waals surface area contributed by atoms with E-state index >= 15 is 0 Å². The van der Waals surface area contributed by atoms with Crippen molar-refractivity contribution in [2.75, 3.05) is 6.61 Å². The summed E-state index contributed by atoms with van der Waals surface area (Å²) in [5.41, 5.74) is 2.45. The van der Waals surface area contributed by atoms with Gasteiger partial charge in [-0.05, 0) is 29.0 Å². The molecule has 0 radical (unpaired) electrons. The van der Waals surface area contributed by atoms with Gasteiger partial charge in [-0.1, -0.05) is 46.3 Å². The van der Waals surface area contributed by atoms with E-state index in [1.807, 2.05) is 53.9 Å². The first-order valence-corrected chi connectivity index (χ1v) is 8.57. The minimum Gasteiger partial charge on any atom is -0.483 e. The summed E-state index contributed by atoms with van der Waals surface area (Å²) in [5.74, 6) is 0.367. The van der Waals surface area contributed by atoms with Gasteiger partial charge in [0, 0.05) is 14.7 Å². The number of fused-ring (bicyclic) bond motifs is 1. The van der Waals surface area contributed by atoms with Crippen LogP contribution < -0.4 is 10.2 Å². The zero-order valence-electron chi connectivity index (χ0n) is 12.0. The number of rotatable bonds is 5. The highest BCUT2D eigenvalue weighted by atomic mass is 79.9. The summed E-state index contributed by atoms with van der Waals surface area (Å²) in [6, 6.07) is 15.5. The van der Waals surface area contributed by atoms with E-state index in [-0.39, 0.29) is 12.5 Å². The number of hydrogen-bond donors (Lipinski definition) is 1. The lowest BCUT2D eigenvalue weighted by molar-refractivity contribution is -0.123. The molecule has 23 heavy (non-hydrogen) atoms. The van der Waals surface area contributed by atoms with Crippen molar-refractivity contribution < 1.29 is 9.53 Å². The predicted molar refractivity (Wildman–Crippen MR) is 97.2 cm³/mol. The van der Waals surface area contributed by atoms with Gasteiger partial charge in [-0.25, -0.2) is 5.43 Å². The molecule has 0 bridgehead atoms. The fourth-order valence-electron chi connectivity index (χ4n) is 2.07. The van der Waals surface area contributed by atoms with Gasteiger partial charge in [-0.3, -0.25) is 4.79 Å². The van der Waals surface area contributed by atoms with Crippen LogP contribution in [0.1, 0.15) is 4.88 Å². The molecule has 4 nitrogen and oxygen atoms in total. The molecule has 1 aromatic heterocycles.